The molecule has 1 N–H and O–H groups in total. The molecular formula is C30H33Cl3N4O7S. The van der Waals surface area contributed by atoms with Gasteiger partial charge in [-0.05, 0) is 61.7 Å². The summed E-state index contributed by atoms with van der Waals surface area (Å²) in [6.45, 7) is 4.48. The standard InChI is InChI=1S/C30H33Cl3N4O7S/c1-5-13-34-30(39)25(6-2)35(17-20-8-9-21(31)14-24(20)33)29(38)18-36(27-15-22(32)10-12-28(27)44-4)45(42,43)23-11-7-19(3)26(16-23)37(40)41/h7-12,14-16,25H,5-6,13,17-18H2,1-4H3,(H,34,39). The number of rotatable bonds is 14. The van der Waals surface area contributed by atoms with Gasteiger partial charge in [-0.3, -0.25) is 24.0 Å². The van der Waals surface area contributed by atoms with Crippen molar-refractivity contribution in [3.8, 4) is 5.75 Å². The topological polar surface area (TPSA) is 139 Å². The lowest BCUT2D eigenvalue weighted by Gasteiger charge is -2.33. The van der Waals surface area contributed by atoms with Gasteiger partial charge in [0.15, 0.2) is 0 Å². The molecule has 0 aromatic heterocycles. The fourth-order valence-electron chi connectivity index (χ4n) is 4.56. The van der Waals surface area contributed by atoms with E-state index >= 15 is 0 Å². The number of anilines is 1. The van der Waals surface area contributed by atoms with Gasteiger partial charge in [0.1, 0.15) is 18.3 Å². The summed E-state index contributed by atoms with van der Waals surface area (Å²) in [5.41, 5.74) is 0.212. The summed E-state index contributed by atoms with van der Waals surface area (Å²) in [5, 5.41) is 15.2. The highest BCUT2D eigenvalue weighted by Crippen LogP contribution is 2.36. The smallest absolute Gasteiger partial charge is 0.273 e. The lowest BCUT2D eigenvalue weighted by Crippen LogP contribution is -2.52. The predicted octanol–water partition coefficient (Wildman–Crippen LogP) is 6.40. The molecule has 0 radical (unpaired) electrons. The third-order valence-corrected chi connectivity index (χ3v) is 9.52. The number of methoxy groups -OCH3 is 1. The first-order chi connectivity index (χ1) is 21.2. The number of nitro groups is 1. The van der Waals surface area contributed by atoms with Gasteiger partial charge in [-0.25, -0.2) is 8.42 Å². The summed E-state index contributed by atoms with van der Waals surface area (Å²) in [6.07, 6.45) is 0.853. The molecule has 45 heavy (non-hydrogen) atoms. The van der Waals surface area contributed by atoms with Crippen LogP contribution in [0.2, 0.25) is 15.1 Å². The second kappa shape index (κ2) is 15.6. The van der Waals surface area contributed by atoms with Gasteiger partial charge in [0.2, 0.25) is 11.8 Å². The fraction of sp³-hybridized carbons (Fsp3) is 0.333. The van der Waals surface area contributed by atoms with Gasteiger partial charge in [0.25, 0.3) is 15.7 Å². The van der Waals surface area contributed by atoms with E-state index < -0.39 is 49.9 Å². The van der Waals surface area contributed by atoms with E-state index in [2.05, 4.69) is 5.32 Å². The first-order valence-corrected chi connectivity index (χ1v) is 16.4. The number of sulfonamides is 1. The molecule has 0 saturated heterocycles. The van der Waals surface area contributed by atoms with Crippen molar-refractivity contribution in [3.63, 3.8) is 0 Å². The summed E-state index contributed by atoms with van der Waals surface area (Å²) in [5.74, 6) is -1.12. The SMILES string of the molecule is CCCNC(=O)C(CC)N(Cc1ccc(Cl)cc1Cl)C(=O)CN(c1cc(Cl)ccc1OC)S(=O)(=O)c1ccc(C)c([N+](=O)[O-])c1. The highest BCUT2D eigenvalue weighted by atomic mass is 35.5. The summed E-state index contributed by atoms with van der Waals surface area (Å²) in [4.78, 5) is 39.3. The number of nitrogens with one attached hydrogen (secondary N) is 1. The van der Waals surface area contributed by atoms with Crippen LogP contribution in [0.15, 0.2) is 59.5 Å². The van der Waals surface area contributed by atoms with Crippen molar-refractivity contribution in [2.24, 2.45) is 0 Å². The van der Waals surface area contributed by atoms with E-state index in [0.29, 0.717) is 23.6 Å². The zero-order valence-corrected chi connectivity index (χ0v) is 28.1. The molecule has 0 aliphatic heterocycles. The maximum absolute atomic E-state index is 14.3. The monoisotopic (exact) mass is 698 g/mol. The minimum atomic E-state index is -4.66. The Bertz CT molecular complexity index is 1690. The van der Waals surface area contributed by atoms with Crippen LogP contribution in [0.25, 0.3) is 0 Å². The van der Waals surface area contributed by atoms with Gasteiger partial charge in [-0.2, -0.15) is 0 Å². The molecule has 1 atom stereocenters. The highest BCUT2D eigenvalue weighted by Gasteiger charge is 2.36. The van der Waals surface area contributed by atoms with Crippen molar-refractivity contribution in [1.82, 2.24) is 10.2 Å². The van der Waals surface area contributed by atoms with E-state index in [4.69, 9.17) is 39.5 Å². The Morgan fingerprint density at radius 2 is 1.69 bits per heavy atom. The molecule has 0 spiro atoms. The molecule has 1 unspecified atom stereocenters. The van der Waals surface area contributed by atoms with Crippen molar-refractivity contribution in [3.05, 3.63) is 90.9 Å². The van der Waals surface area contributed by atoms with E-state index in [-0.39, 0.29) is 40.0 Å². The molecule has 0 heterocycles. The van der Waals surface area contributed by atoms with Crippen molar-refractivity contribution in [1.29, 1.82) is 0 Å². The van der Waals surface area contributed by atoms with Crippen LogP contribution in [-0.2, 0) is 26.2 Å². The molecule has 0 aliphatic carbocycles. The van der Waals surface area contributed by atoms with Crippen LogP contribution in [0, 0.1) is 17.0 Å². The van der Waals surface area contributed by atoms with Crippen molar-refractivity contribution in [2.75, 3.05) is 24.5 Å². The maximum atomic E-state index is 14.3. The molecule has 0 aliphatic rings. The van der Waals surface area contributed by atoms with Gasteiger partial charge in [-0.15, -0.1) is 0 Å². The van der Waals surface area contributed by atoms with E-state index in [0.717, 1.165) is 10.4 Å². The number of ether oxygens (including phenoxy) is 1. The van der Waals surface area contributed by atoms with E-state index in [1.54, 1.807) is 19.1 Å². The highest BCUT2D eigenvalue weighted by molar-refractivity contribution is 7.92. The van der Waals surface area contributed by atoms with Gasteiger partial charge in [0, 0.05) is 39.8 Å². The van der Waals surface area contributed by atoms with E-state index in [1.807, 2.05) is 6.92 Å². The number of nitro benzene ring substituents is 1. The van der Waals surface area contributed by atoms with Crippen LogP contribution in [-0.4, -0.2) is 56.3 Å². The van der Waals surface area contributed by atoms with Crippen molar-refractivity contribution in [2.45, 2.75) is 51.1 Å². The van der Waals surface area contributed by atoms with Gasteiger partial charge < -0.3 is 15.0 Å². The number of aryl methyl sites for hydroxylation is 1. The second-order valence-corrected chi connectivity index (χ2v) is 13.1. The van der Waals surface area contributed by atoms with Crippen LogP contribution in [0.3, 0.4) is 0 Å². The molecule has 3 rings (SSSR count). The van der Waals surface area contributed by atoms with Crippen LogP contribution in [0.4, 0.5) is 11.4 Å². The van der Waals surface area contributed by atoms with Crippen LogP contribution in [0.1, 0.15) is 37.8 Å². The van der Waals surface area contributed by atoms with Crippen LogP contribution in [0.5, 0.6) is 5.75 Å². The zero-order chi connectivity index (χ0) is 33.5. The first kappa shape index (κ1) is 35.9. The number of amides is 2. The molecule has 15 heteroatoms. The fourth-order valence-corrected chi connectivity index (χ4v) is 6.64. The Morgan fingerprint density at radius 3 is 2.29 bits per heavy atom. The summed E-state index contributed by atoms with van der Waals surface area (Å²) >= 11 is 18.8. The van der Waals surface area contributed by atoms with Gasteiger partial charge >= 0.3 is 0 Å². The molecule has 3 aromatic rings. The molecule has 2 amide bonds. The summed E-state index contributed by atoms with van der Waals surface area (Å²) < 4.78 is 34.7. The van der Waals surface area contributed by atoms with E-state index in [9.17, 15) is 28.1 Å². The maximum Gasteiger partial charge on any atom is 0.273 e. The van der Waals surface area contributed by atoms with Crippen molar-refractivity contribution < 1.29 is 27.7 Å². The number of hydrogen-bond acceptors (Lipinski definition) is 7. The number of carbonyl (C=O) groups is 2. The normalized spacial score (nSPS) is 11.9. The zero-order valence-electron chi connectivity index (χ0n) is 25.1. The molecule has 3 aromatic carbocycles. The minimum Gasteiger partial charge on any atom is -0.495 e. The Hall–Kier alpha value is -3.58. The molecule has 0 fully saturated rings. The molecule has 11 nitrogen and oxygen atoms in total. The Kier molecular flexibility index (Phi) is 12.5. The number of hydrogen-bond donors (Lipinski definition) is 1. The molecular weight excluding hydrogens is 667 g/mol. The van der Waals surface area contributed by atoms with Crippen molar-refractivity contribution >= 4 is 68.0 Å². The third kappa shape index (κ3) is 8.57. The van der Waals surface area contributed by atoms with Crippen LogP contribution < -0.4 is 14.4 Å². The average molecular weight is 700 g/mol. The largest absolute Gasteiger partial charge is 0.495 e. The Labute approximate surface area is 277 Å². The lowest BCUT2D eigenvalue weighted by molar-refractivity contribution is -0.385. The quantitative estimate of drug-likeness (QED) is 0.152. The average Bonchev–Trinajstić information content (AvgIpc) is 2.99. The second-order valence-electron chi connectivity index (χ2n) is 10.0. The van der Waals surface area contributed by atoms with Crippen LogP contribution >= 0.6 is 34.8 Å². The number of carbonyl (C=O) groups excluding carboxylic acids is 2. The Balaban J connectivity index is 2.20. The Morgan fingerprint density at radius 1 is 1.02 bits per heavy atom. The predicted molar refractivity (Wildman–Crippen MR) is 175 cm³/mol. The third-order valence-electron chi connectivity index (χ3n) is 6.94. The minimum absolute atomic E-state index is 0.0670. The number of benzene rings is 3. The lowest BCUT2D eigenvalue weighted by atomic mass is 10.1. The van der Waals surface area contributed by atoms with E-state index in [1.165, 1.54) is 55.3 Å². The number of nitrogens with zero attached hydrogens (tertiary/aromatic N) is 3. The molecule has 242 valence electrons. The summed E-state index contributed by atoms with van der Waals surface area (Å²) in [7, 11) is -3.34. The van der Waals surface area contributed by atoms with Gasteiger partial charge in [-0.1, -0.05) is 60.8 Å². The molecule has 0 bridgehead atoms. The summed E-state index contributed by atoms with van der Waals surface area (Å²) in [6, 6.07) is 11.4. The number of halogens is 3. The molecule has 0 saturated carbocycles. The van der Waals surface area contributed by atoms with Gasteiger partial charge in [0.05, 0.1) is 22.6 Å². The first-order valence-electron chi connectivity index (χ1n) is 13.9.